The number of hydrogen-bond donors (Lipinski definition) is 3. The molecule has 1 aliphatic rings. The molecule has 2 amide bonds. The van der Waals surface area contributed by atoms with Crippen LogP contribution in [0.1, 0.15) is 63.8 Å². The van der Waals surface area contributed by atoms with Crippen molar-refractivity contribution in [2.45, 2.75) is 64.8 Å². The van der Waals surface area contributed by atoms with Crippen LogP contribution in [0.2, 0.25) is 0 Å². The van der Waals surface area contributed by atoms with Crippen molar-refractivity contribution in [3.8, 4) is 5.75 Å². The number of amides is 2. The summed E-state index contributed by atoms with van der Waals surface area (Å²) in [5.41, 5.74) is 9.88. The van der Waals surface area contributed by atoms with Crippen molar-refractivity contribution >= 4 is 57.1 Å². The highest BCUT2D eigenvalue weighted by molar-refractivity contribution is 8.26. The van der Waals surface area contributed by atoms with Crippen molar-refractivity contribution in [2.24, 2.45) is 5.73 Å². The zero-order valence-corrected chi connectivity index (χ0v) is 23.6. The number of nitrogens with two attached hydrogens (primary N) is 1. The Hall–Kier alpha value is -2.94. The zero-order valence-electron chi connectivity index (χ0n) is 22.0. The molecule has 1 atom stereocenters. The van der Waals surface area contributed by atoms with Gasteiger partial charge in [0.05, 0.1) is 10.9 Å². The second kappa shape index (κ2) is 9.74. The van der Waals surface area contributed by atoms with E-state index >= 15 is 0 Å². The van der Waals surface area contributed by atoms with Gasteiger partial charge in [-0.3, -0.25) is 9.59 Å². The molecule has 1 aliphatic heterocycles. The Labute approximate surface area is 227 Å². The van der Waals surface area contributed by atoms with Gasteiger partial charge in [0.1, 0.15) is 5.75 Å². The number of thiocarbonyl (C=S) groups is 1. The van der Waals surface area contributed by atoms with E-state index in [0.29, 0.717) is 4.91 Å². The summed E-state index contributed by atoms with van der Waals surface area (Å²) in [7, 11) is 0. The van der Waals surface area contributed by atoms with Gasteiger partial charge in [-0.05, 0) is 52.7 Å². The van der Waals surface area contributed by atoms with E-state index in [0.717, 1.165) is 49.8 Å². The van der Waals surface area contributed by atoms with E-state index in [2.05, 4.69) is 4.98 Å². The summed E-state index contributed by atoms with van der Waals surface area (Å²) in [5, 5.41) is 12.0. The van der Waals surface area contributed by atoms with Crippen LogP contribution in [0, 0.1) is 0 Å². The molecule has 2 aromatic carbocycles. The minimum atomic E-state index is -0.922. The number of aromatic nitrogens is 1. The summed E-state index contributed by atoms with van der Waals surface area (Å²) in [5.74, 6) is -0.729. The zero-order chi connectivity index (χ0) is 27.3. The smallest absolute Gasteiger partial charge is 0.273 e. The molecule has 6 nitrogen and oxygen atoms in total. The van der Waals surface area contributed by atoms with Crippen molar-refractivity contribution in [2.75, 3.05) is 0 Å². The standard InChI is InChI=1S/C29H33N3O3S2/c1-28(2,3)19-11-16(12-20(24(19)33)29(4,5)6)13-23-26(35)32(27(36)37-23)25(34)21(30)14-17-15-31-22-10-8-7-9-18(17)22/h7-13,15,21,31,33H,14,30H2,1-6H3/t21-/m0/s1. The number of aromatic amines is 1. The predicted molar refractivity (Wildman–Crippen MR) is 156 cm³/mol. The number of hydrogen-bond acceptors (Lipinski definition) is 6. The van der Waals surface area contributed by atoms with E-state index in [1.54, 1.807) is 6.08 Å². The lowest BCUT2D eigenvalue weighted by Gasteiger charge is -2.28. The first-order chi connectivity index (χ1) is 17.2. The van der Waals surface area contributed by atoms with Gasteiger partial charge in [0.2, 0.25) is 0 Å². The molecule has 2 heterocycles. The van der Waals surface area contributed by atoms with E-state index in [1.165, 1.54) is 0 Å². The first-order valence-electron chi connectivity index (χ1n) is 12.2. The highest BCUT2D eigenvalue weighted by Gasteiger charge is 2.39. The molecule has 3 aromatic rings. The maximum absolute atomic E-state index is 13.3. The molecule has 0 saturated carbocycles. The van der Waals surface area contributed by atoms with Crippen LogP contribution in [0.25, 0.3) is 17.0 Å². The van der Waals surface area contributed by atoms with Crippen molar-refractivity contribution in [1.82, 2.24) is 9.88 Å². The lowest BCUT2D eigenvalue weighted by atomic mass is 9.78. The maximum Gasteiger partial charge on any atom is 0.273 e. The molecule has 37 heavy (non-hydrogen) atoms. The molecule has 0 spiro atoms. The van der Waals surface area contributed by atoms with Crippen LogP contribution < -0.4 is 5.73 Å². The number of H-pyrrole nitrogens is 1. The number of rotatable bonds is 4. The Balaban J connectivity index is 1.62. The van der Waals surface area contributed by atoms with Crippen LogP contribution in [0.4, 0.5) is 0 Å². The van der Waals surface area contributed by atoms with Crippen molar-refractivity contribution in [1.29, 1.82) is 0 Å². The number of para-hydroxylation sites is 1. The Morgan fingerprint density at radius 2 is 1.73 bits per heavy atom. The molecule has 0 aliphatic carbocycles. The Morgan fingerprint density at radius 1 is 1.14 bits per heavy atom. The average Bonchev–Trinajstić information content (AvgIpc) is 3.32. The molecule has 0 unspecified atom stereocenters. The fourth-order valence-corrected chi connectivity index (χ4v) is 5.75. The van der Waals surface area contributed by atoms with E-state index < -0.39 is 17.9 Å². The Kier molecular flexibility index (Phi) is 7.14. The van der Waals surface area contributed by atoms with Crippen LogP contribution in [-0.2, 0) is 26.8 Å². The second-order valence-corrected chi connectivity index (χ2v) is 13.2. The monoisotopic (exact) mass is 535 g/mol. The summed E-state index contributed by atoms with van der Waals surface area (Å²) >= 11 is 6.51. The van der Waals surface area contributed by atoms with Gasteiger partial charge in [0.25, 0.3) is 11.8 Å². The molecule has 0 radical (unpaired) electrons. The fourth-order valence-electron chi connectivity index (χ4n) is 4.48. The molecule has 1 saturated heterocycles. The third kappa shape index (κ3) is 5.37. The third-order valence-electron chi connectivity index (χ3n) is 6.49. The number of phenolic OH excluding ortho intramolecular Hbond substituents is 1. The van der Waals surface area contributed by atoms with Gasteiger partial charge >= 0.3 is 0 Å². The maximum atomic E-state index is 13.3. The number of fused-ring (bicyclic) bond motifs is 1. The van der Waals surface area contributed by atoms with Gasteiger partial charge in [-0.1, -0.05) is 83.7 Å². The largest absolute Gasteiger partial charge is 0.507 e. The summed E-state index contributed by atoms with van der Waals surface area (Å²) in [6, 6.07) is 10.6. The summed E-state index contributed by atoms with van der Waals surface area (Å²) in [6.45, 7) is 12.2. The molecule has 1 aromatic heterocycles. The molecule has 8 heteroatoms. The number of nitrogens with one attached hydrogen (secondary N) is 1. The van der Waals surface area contributed by atoms with Gasteiger partial charge in [-0.15, -0.1) is 0 Å². The minimum absolute atomic E-state index is 0.168. The normalized spacial score (nSPS) is 16.7. The first-order valence-corrected chi connectivity index (χ1v) is 13.4. The molecule has 4 rings (SSSR count). The molecule has 0 bridgehead atoms. The van der Waals surface area contributed by atoms with Crippen LogP contribution in [0.15, 0.2) is 47.5 Å². The average molecular weight is 536 g/mol. The number of carbonyl (C=O) groups excluding carboxylic acids is 2. The minimum Gasteiger partial charge on any atom is -0.507 e. The SMILES string of the molecule is CC(C)(C)c1cc(C=C2SC(=S)N(C(=O)[C@@H](N)Cc3c[nH]c4ccccc34)C2=O)cc(C(C)(C)C)c1O. The molecular weight excluding hydrogens is 502 g/mol. The van der Waals surface area contributed by atoms with Gasteiger partial charge in [-0.2, -0.15) is 0 Å². The number of benzene rings is 2. The molecule has 1 fully saturated rings. The number of carbonyl (C=O) groups is 2. The van der Waals surface area contributed by atoms with Gasteiger partial charge in [0, 0.05) is 28.2 Å². The van der Waals surface area contributed by atoms with Crippen molar-refractivity contribution in [3.63, 3.8) is 0 Å². The summed E-state index contributed by atoms with van der Waals surface area (Å²) in [4.78, 5) is 31.1. The molecule has 4 N–H and O–H groups in total. The number of imide groups is 1. The topological polar surface area (TPSA) is 99.4 Å². The van der Waals surface area contributed by atoms with Crippen LogP contribution in [0.5, 0.6) is 5.75 Å². The first kappa shape index (κ1) is 27.1. The van der Waals surface area contributed by atoms with Crippen molar-refractivity contribution < 1.29 is 14.7 Å². The van der Waals surface area contributed by atoms with Crippen LogP contribution in [-0.4, -0.2) is 37.2 Å². The van der Waals surface area contributed by atoms with Crippen LogP contribution >= 0.6 is 24.0 Å². The molecule has 194 valence electrons. The number of aromatic hydroxyl groups is 1. The highest BCUT2D eigenvalue weighted by atomic mass is 32.2. The van der Waals surface area contributed by atoms with Gasteiger partial charge in [-0.25, -0.2) is 4.90 Å². The lowest BCUT2D eigenvalue weighted by Crippen LogP contribution is -2.46. The van der Waals surface area contributed by atoms with Gasteiger partial charge < -0.3 is 15.8 Å². The fraction of sp³-hybridized carbons (Fsp3) is 0.345. The number of thioether (sulfide) groups is 1. The second-order valence-electron chi connectivity index (χ2n) is 11.5. The number of nitrogens with zero attached hydrogens (tertiary/aromatic N) is 1. The Morgan fingerprint density at radius 3 is 2.32 bits per heavy atom. The van der Waals surface area contributed by atoms with E-state index in [4.69, 9.17) is 18.0 Å². The van der Waals surface area contributed by atoms with E-state index in [1.807, 2.05) is 84.1 Å². The van der Waals surface area contributed by atoms with Gasteiger partial charge in [0.15, 0.2) is 4.32 Å². The summed E-state index contributed by atoms with van der Waals surface area (Å²) in [6.07, 6.45) is 3.86. The highest BCUT2D eigenvalue weighted by Crippen LogP contribution is 2.41. The lowest BCUT2D eigenvalue weighted by molar-refractivity contribution is -0.137. The third-order valence-corrected chi connectivity index (χ3v) is 7.79. The van der Waals surface area contributed by atoms with Crippen molar-refractivity contribution in [3.05, 3.63) is 69.8 Å². The van der Waals surface area contributed by atoms with E-state index in [9.17, 15) is 14.7 Å². The summed E-state index contributed by atoms with van der Waals surface area (Å²) < 4.78 is 0.168. The quantitative estimate of drug-likeness (QED) is 0.290. The van der Waals surface area contributed by atoms with Crippen LogP contribution in [0.3, 0.4) is 0 Å². The molecular formula is C29H33N3O3S2. The number of phenols is 1. The van der Waals surface area contributed by atoms with E-state index in [-0.39, 0.29) is 27.3 Å². The Bertz CT molecular complexity index is 1410. The predicted octanol–water partition coefficient (Wildman–Crippen LogP) is 5.77.